The molecule has 31 heavy (non-hydrogen) atoms. The molecule has 1 aromatic heterocycles. The highest BCUT2D eigenvalue weighted by molar-refractivity contribution is 6.11. The average Bonchev–Trinajstić information content (AvgIpc) is 3.07. The molecule has 0 unspecified atom stereocenters. The highest BCUT2D eigenvalue weighted by atomic mass is 19.4. The van der Waals surface area contributed by atoms with Crippen molar-refractivity contribution >= 4 is 22.4 Å². The van der Waals surface area contributed by atoms with Crippen molar-refractivity contribution in [2.45, 2.75) is 33.0 Å². The van der Waals surface area contributed by atoms with Crippen LogP contribution in [0.5, 0.6) is 0 Å². The van der Waals surface area contributed by atoms with Crippen molar-refractivity contribution in [3.63, 3.8) is 0 Å². The Labute approximate surface area is 179 Å². The van der Waals surface area contributed by atoms with Crippen LogP contribution in [-0.4, -0.2) is 47.9 Å². The maximum absolute atomic E-state index is 13.3. The molecular weight excluding hydrogens is 403 g/mol. The number of nitrogens with one attached hydrogen (secondary N) is 1. The molecule has 2 heterocycles. The number of carbonyl (C=O) groups is 1. The molecule has 1 aliphatic rings. The first-order chi connectivity index (χ1) is 14.6. The van der Waals surface area contributed by atoms with Crippen LogP contribution in [0.25, 0.3) is 10.9 Å². The number of alkyl halides is 3. The predicted molar refractivity (Wildman–Crippen MR) is 117 cm³/mol. The van der Waals surface area contributed by atoms with Gasteiger partial charge in [0.05, 0.1) is 11.6 Å². The quantitative estimate of drug-likeness (QED) is 0.580. The molecule has 4 rings (SSSR count). The Morgan fingerprint density at radius 2 is 1.74 bits per heavy atom. The molecule has 1 atom stereocenters. The van der Waals surface area contributed by atoms with Crippen LogP contribution in [0.1, 0.15) is 34.1 Å². The van der Waals surface area contributed by atoms with Crippen LogP contribution in [0.15, 0.2) is 42.5 Å². The fourth-order valence-electron chi connectivity index (χ4n) is 4.38. The van der Waals surface area contributed by atoms with E-state index in [0.29, 0.717) is 31.9 Å². The lowest BCUT2D eigenvalue weighted by Gasteiger charge is -2.38. The number of aromatic amines is 1. The van der Waals surface area contributed by atoms with Crippen molar-refractivity contribution in [1.82, 2.24) is 9.88 Å². The fraction of sp³-hybridized carbons (Fsp3) is 0.375. The number of aromatic nitrogens is 1. The molecule has 1 aliphatic heterocycles. The zero-order chi connectivity index (χ0) is 22.3. The van der Waals surface area contributed by atoms with Crippen LogP contribution in [0.2, 0.25) is 0 Å². The third kappa shape index (κ3) is 4.19. The van der Waals surface area contributed by atoms with Crippen molar-refractivity contribution in [2.24, 2.45) is 0 Å². The van der Waals surface area contributed by atoms with E-state index < -0.39 is 11.7 Å². The lowest BCUT2D eigenvalue weighted by Crippen LogP contribution is -2.51. The van der Waals surface area contributed by atoms with Gasteiger partial charge in [-0.2, -0.15) is 13.2 Å². The van der Waals surface area contributed by atoms with E-state index in [-0.39, 0.29) is 11.8 Å². The molecule has 7 heteroatoms. The van der Waals surface area contributed by atoms with Crippen molar-refractivity contribution < 1.29 is 18.0 Å². The van der Waals surface area contributed by atoms with Gasteiger partial charge in [0.15, 0.2) is 5.78 Å². The van der Waals surface area contributed by atoms with Crippen molar-refractivity contribution in [1.29, 1.82) is 0 Å². The number of aryl methyl sites for hydroxylation is 2. The smallest absolute Gasteiger partial charge is 0.369 e. The van der Waals surface area contributed by atoms with E-state index in [1.165, 1.54) is 12.1 Å². The Bertz CT molecular complexity index is 1110. The van der Waals surface area contributed by atoms with Crippen molar-refractivity contribution in [3.05, 3.63) is 64.8 Å². The van der Waals surface area contributed by atoms with Gasteiger partial charge >= 0.3 is 6.18 Å². The fourth-order valence-corrected chi connectivity index (χ4v) is 4.38. The summed E-state index contributed by atoms with van der Waals surface area (Å²) in [6.07, 6.45) is -4.35. The molecule has 0 bridgehead atoms. The summed E-state index contributed by atoms with van der Waals surface area (Å²) in [7, 11) is 0. The van der Waals surface area contributed by atoms with Gasteiger partial charge in [0.2, 0.25) is 0 Å². The van der Waals surface area contributed by atoms with E-state index in [2.05, 4.69) is 9.88 Å². The van der Waals surface area contributed by atoms with Gasteiger partial charge in [0.25, 0.3) is 0 Å². The second-order valence-corrected chi connectivity index (χ2v) is 8.29. The van der Waals surface area contributed by atoms with E-state index >= 15 is 0 Å². The number of benzene rings is 2. The van der Waals surface area contributed by atoms with Crippen LogP contribution in [0, 0.1) is 13.8 Å². The Morgan fingerprint density at radius 3 is 2.42 bits per heavy atom. The van der Waals surface area contributed by atoms with E-state index in [1.807, 2.05) is 43.9 Å². The largest absolute Gasteiger partial charge is 0.416 e. The summed E-state index contributed by atoms with van der Waals surface area (Å²) in [6, 6.07) is 11.2. The molecule has 164 valence electrons. The molecular formula is C24H26F3N3O. The minimum atomic E-state index is -4.35. The van der Waals surface area contributed by atoms with Gasteiger partial charge < -0.3 is 9.88 Å². The van der Waals surface area contributed by atoms with Gasteiger partial charge in [0.1, 0.15) is 0 Å². The Hall–Kier alpha value is -2.80. The number of fused-ring (bicyclic) bond motifs is 1. The first-order valence-corrected chi connectivity index (χ1v) is 10.4. The number of rotatable bonds is 4. The summed E-state index contributed by atoms with van der Waals surface area (Å²) in [4.78, 5) is 20.7. The van der Waals surface area contributed by atoms with Gasteiger partial charge in [-0.3, -0.25) is 9.69 Å². The molecule has 0 saturated carbocycles. The van der Waals surface area contributed by atoms with Crippen LogP contribution in [-0.2, 0) is 6.18 Å². The normalized spacial score (nSPS) is 16.6. The Balaban J connectivity index is 1.47. The summed E-state index contributed by atoms with van der Waals surface area (Å²) < 4.78 is 39.1. The Kier molecular flexibility index (Phi) is 5.56. The lowest BCUT2D eigenvalue weighted by molar-refractivity contribution is -0.137. The lowest BCUT2D eigenvalue weighted by atomic mass is 9.99. The standard InChI is InChI=1S/C24H26F3N3O/c1-15-7-8-20-21(13-15)28-16(2)22(20)23(31)17(3)29-9-11-30(12-10-29)19-6-4-5-18(14-19)24(25,26)27/h4-8,13-14,17,28H,9-12H2,1-3H3/t17-/m1/s1. The zero-order valence-electron chi connectivity index (χ0n) is 17.9. The van der Waals surface area contributed by atoms with E-state index in [1.54, 1.807) is 6.07 Å². The highest BCUT2D eigenvalue weighted by Crippen LogP contribution is 2.32. The van der Waals surface area contributed by atoms with Gasteiger partial charge in [0, 0.05) is 54.0 Å². The van der Waals surface area contributed by atoms with E-state index in [4.69, 9.17) is 0 Å². The molecule has 4 nitrogen and oxygen atoms in total. The molecule has 0 spiro atoms. The second-order valence-electron chi connectivity index (χ2n) is 8.29. The SMILES string of the molecule is Cc1ccc2c(C(=O)[C@@H](C)N3CCN(c4cccc(C(F)(F)F)c4)CC3)c(C)[nH]c2c1. The van der Waals surface area contributed by atoms with Gasteiger partial charge in [-0.05, 0) is 50.6 Å². The van der Waals surface area contributed by atoms with Crippen molar-refractivity contribution in [3.8, 4) is 0 Å². The summed E-state index contributed by atoms with van der Waals surface area (Å²) in [5.74, 6) is 0.0696. The summed E-state index contributed by atoms with van der Waals surface area (Å²) in [5.41, 5.74) is 3.61. The molecule has 2 aromatic carbocycles. The summed E-state index contributed by atoms with van der Waals surface area (Å²) in [5, 5.41) is 0.933. The number of hydrogen-bond donors (Lipinski definition) is 1. The number of piperazine rings is 1. The third-order valence-electron chi connectivity index (χ3n) is 6.17. The number of halogens is 3. The van der Waals surface area contributed by atoms with Crippen LogP contribution in [0.3, 0.4) is 0 Å². The third-order valence-corrected chi connectivity index (χ3v) is 6.17. The molecule has 1 saturated heterocycles. The number of ketones is 1. The zero-order valence-corrected chi connectivity index (χ0v) is 17.9. The number of H-pyrrole nitrogens is 1. The molecule has 1 fully saturated rings. The average molecular weight is 429 g/mol. The topological polar surface area (TPSA) is 39.3 Å². The number of carbonyl (C=O) groups excluding carboxylic acids is 1. The van der Waals surface area contributed by atoms with E-state index in [0.717, 1.165) is 33.8 Å². The summed E-state index contributed by atoms with van der Waals surface area (Å²) >= 11 is 0. The molecule has 0 amide bonds. The Morgan fingerprint density at radius 1 is 1.03 bits per heavy atom. The molecule has 0 radical (unpaired) electrons. The molecule has 0 aliphatic carbocycles. The number of Topliss-reactive ketones (excluding diaryl/α,β-unsaturated/α-hetero) is 1. The van der Waals surface area contributed by atoms with Gasteiger partial charge in [-0.15, -0.1) is 0 Å². The van der Waals surface area contributed by atoms with Crippen LogP contribution >= 0.6 is 0 Å². The molecule has 3 aromatic rings. The van der Waals surface area contributed by atoms with Crippen LogP contribution < -0.4 is 4.90 Å². The minimum absolute atomic E-state index is 0.0696. The molecule has 1 N–H and O–H groups in total. The van der Waals surface area contributed by atoms with Gasteiger partial charge in [-0.1, -0.05) is 18.2 Å². The first-order valence-electron chi connectivity index (χ1n) is 10.4. The first kappa shape index (κ1) is 21.4. The van der Waals surface area contributed by atoms with Gasteiger partial charge in [-0.25, -0.2) is 0 Å². The second kappa shape index (κ2) is 8.04. The van der Waals surface area contributed by atoms with Crippen LogP contribution in [0.4, 0.5) is 18.9 Å². The highest BCUT2D eigenvalue weighted by Gasteiger charge is 2.32. The maximum atomic E-state index is 13.3. The maximum Gasteiger partial charge on any atom is 0.416 e. The minimum Gasteiger partial charge on any atom is -0.369 e. The number of nitrogens with zero attached hydrogens (tertiary/aromatic N) is 2. The summed E-state index contributed by atoms with van der Waals surface area (Å²) in [6.45, 7) is 8.22. The van der Waals surface area contributed by atoms with Crippen molar-refractivity contribution in [2.75, 3.05) is 31.1 Å². The number of anilines is 1. The number of hydrogen-bond acceptors (Lipinski definition) is 3. The monoisotopic (exact) mass is 429 g/mol. The van der Waals surface area contributed by atoms with E-state index in [9.17, 15) is 18.0 Å². The predicted octanol–water partition coefficient (Wildman–Crippen LogP) is 5.20.